The van der Waals surface area contributed by atoms with Gasteiger partial charge in [0.05, 0.1) is 6.04 Å². The highest BCUT2D eigenvalue weighted by molar-refractivity contribution is 8.42. The van der Waals surface area contributed by atoms with E-state index in [1.165, 1.54) is 0 Å². The van der Waals surface area contributed by atoms with Crippen molar-refractivity contribution in [3.05, 3.63) is 174 Å². The Labute approximate surface area is 248 Å². The van der Waals surface area contributed by atoms with E-state index in [2.05, 4.69) is 48.0 Å². The zero-order valence-corrected chi connectivity index (χ0v) is 25.4. The van der Waals surface area contributed by atoms with Crippen LogP contribution in [0.15, 0.2) is 152 Å². The summed E-state index contributed by atoms with van der Waals surface area (Å²) in [6.07, 6.45) is 1.05. The van der Waals surface area contributed by atoms with Gasteiger partial charge in [0, 0.05) is 17.2 Å². The Morgan fingerprint density at radius 2 is 1.10 bits per heavy atom. The summed E-state index contributed by atoms with van der Waals surface area (Å²) < 4.78 is 35.0. The Bertz CT molecular complexity index is 1840. The first-order chi connectivity index (χ1) is 20.6. The van der Waals surface area contributed by atoms with Crippen LogP contribution in [0.1, 0.15) is 41.6 Å². The molecule has 0 N–H and O–H groups in total. The van der Waals surface area contributed by atoms with Crippen molar-refractivity contribution in [3.63, 3.8) is 0 Å². The van der Waals surface area contributed by atoms with Crippen molar-refractivity contribution in [1.82, 2.24) is 0 Å². The van der Waals surface area contributed by atoms with Crippen LogP contribution in [0.3, 0.4) is 0 Å². The summed E-state index contributed by atoms with van der Waals surface area (Å²) in [6.45, 7) is -5.22. The Morgan fingerprint density at radius 3 is 1.64 bits per heavy atom. The molecule has 0 spiro atoms. The van der Waals surface area contributed by atoms with Crippen molar-refractivity contribution in [3.8, 4) is 0 Å². The molecule has 1 saturated heterocycles. The van der Waals surface area contributed by atoms with Gasteiger partial charge >= 0.3 is 0 Å². The molecule has 0 amide bonds. The first kappa shape index (κ1) is 27.0. The molecule has 5 aromatic carbocycles. The number of rotatable bonds is 7. The van der Waals surface area contributed by atoms with Gasteiger partial charge in [-0.2, -0.15) is 0 Å². The van der Waals surface area contributed by atoms with Crippen LogP contribution in [-0.2, 0) is 14.3 Å². The van der Waals surface area contributed by atoms with Crippen molar-refractivity contribution in [2.24, 2.45) is 0 Å². The molecule has 0 saturated carbocycles. The molecule has 0 aromatic heterocycles. The molecule has 208 valence electrons. The number of benzene rings is 5. The molecule has 2 aliphatic rings. The molecule has 2 heterocycles. The maximum atomic E-state index is 16.7. The van der Waals surface area contributed by atoms with E-state index in [0.717, 1.165) is 38.8 Å². The number of nitrogens with zero attached hydrogens (tertiary/aromatic N) is 1. The van der Waals surface area contributed by atoms with Crippen molar-refractivity contribution >= 4 is 30.4 Å². The normalized spacial score (nSPS) is 26.5. The van der Waals surface area contributed by atoms with Crippen molar-refractivity contribution < 1.29 is 9.13 Å². The van der Waals surface area contributed by atoms with E-state index in [1.54, 1.807) is 0 Å². The predicted octanol–water partition coefficient (Wildman–Crippen LogP) is 10.7. The summed E-state index contributed by atoms with van der Waals surface area (Å²) in [6, 6.07) is 50.6. The third-order valence-electron chi connectivity index (χ3n) is 8.78. The number of para-hydroxylation sites is 1. The SMILES string of the molecule is CCCP1(=O)C(c2ccccc2)=C(c2ccccc2)C2(c3ccccc3)C(c3ccccc3)N(c3ccccc3)P21=O. The average Bonchev–Trinajstić information content (AvgIpc) is 3.19. The fourth-order valence-corrected chi connectivity index (χ4v) is 20.6. The highest BCUT2D eigenvalue weighted by atomic mass is 32.1. The highest BCUT2D eigenvalue weighted by Crippen LogP contribution is 3.08. The molecule has 1 fully saturated rings. The fourth-order valence-electron chi connectivity index (χ4n) is 7.31. The first-order valence-corrected chi connectivity index (χ1v) is 18.9. The largest absolute Gasteiger partial charge is 0.309 e. The summed E-state index contributed by atoms with van der Waals surface area (Å²) in [7, 11) is 0. The Kier molecular flexibility index (Phi) is 6.69. The van der Waals surface area contributed by atoms with Crippen LogP contribution in [0.25, 0.3) is 10.9 Å². The quantitative estimate of drug-likeness (QED) is 0.178. The van der Waals surface area contributed by atoms with Crippen LogP contribution in [0.4, 0.5) is 5.69 Å². The number of anilines is 1. The van der Waals surface area contributed by atoms with Gasteiger partial charge in [-0.1, -0.05) is 146 Å². The van der Waals surface area contributed by atoms with Crippen molar-refractivity contribution in [2.75, 3.05) is 10.8 Å². The second-order valence-corrected chi connectivity index (χ2v) is 19.1. The minimum Gasteiger partial charge on any atom is -0.309 e. The minimum absolute atomic E-state index is 0.323. The van der Waals surface area contributed by atoms with Gasteiger partial charge in [0.15, 0.2) is 6.83 Å². The highest BCUT2D eigenvalue weighted by Gasteiger charge is 2.82. The van der Waals surface area contributed by atoms with E-state index >= 15 is 9.13 Å². The van der Waals surface area contributed by atoms with Gasteiger partial charge in [0.25, 0.3) is 0 Å². The van der Waals surface area contributed by atoms with Crippen LogP contribution in [-0.4, -0.2) is 6.16 Å². The smallest absolute Gasteiger partial charge is 0.249 e. The van der Waals surface area contributed by atoms with E-state index in [9.17, 15) is 0 Å². The first-order valence-electron chi connectivity index (χ1n) is 14.6. The molecule has 4 atom stereocenters. The van der Waals surface area contributed by atoms with Gasteiger partial charge in [0.2, 0.25) is 6.98 Å². The molecule has 0 bridgehead atoms. The van der Waals surface area contributed by atoms with Gasteiger partial charge in [-0.25, -0.2) is 0 Å². The van der Waals surface area contributed by atoms with Crippen LogP contribution in [0.2, 0.25) is 0 Å². The van der Waals surface area contributed by atoms with Gasteiger partial charge in [-0.3, -0.25) is 4.57 Å². The van der Waals surface area contributed by atoms with E-state index in [-0.39, 0.29) is 6.04 Å². The molecule has 5 heteroatoms. The molecule has 4 unspecified atom stereocenters. The molecule has 5 aromatic rings. The summed E-state index contributed by atoms with van der Waals surface area (Å²) in [5.74, 6) is 0. The van der Waals surface area contributed by atoms with Gasteiger partial charge in [-0.15, -0.1) is 0 Å². The lowest BCUT2D eigenvalue weighted by atomic mass is 9.76. The molecule has 3 nitrogen and oxygen atoms in total. The van der Waals surface area contributed by atoms with E-state index in [0.29, 0.717) is 12.6 Å². The van der Waals surface area contributed by atoms with E-state index < -0.39 is 19.0 Å². The van der Waals surface area contributed by atoms with Crippen molar-refractivity contribution in [1.29, 1.82) is 0 Å². The lowest BCUT2D eigenvalue weighted by molar-refractivity contribution is 0.467. The summed E-state index contributed by atoms with van der Waals surface area (Å²) in [4.78, 5) is 0. The zero-order valence-electron chi connectivity index (χ0n) is 23.6. The maximum absolute atomic E-state index is 16.7. The summed E-state index contributed by atoms with van der Waals surface area (Å²) >= 11 is 0. The second kappa shape index (κ2) is 10.4. The third kappa shape index (κ3) is 3.54. The maximum Gasteiger partial charge on any atom is 0.249 e. The third-order valence-corrected chi connectivity index (χ3v) is 19.9. The molecule has 7 rings (SSSR count). The van der Waals surface area contributed by atoms with Crippen LogP contribution < -0.4 is 4.67 Å². The van der Waals surface area contributed by atoms with Crippen LogP contribution >= 0.6 is 13.8 Å². The molecule has 0 aliphatic carbocycles. The van der Waals surface area contributed by atoms with E-state index in [4.69, 9.17) is 0 Å². The lowest BCUT2D eigenvalue weighted by Crippen LogP contribution is -2.54. The lowest BCUT2D eigenvalue weighted by Gasteiger charge is -2.63. The van der Waals surface area contributed by atoms with Crippen LogP contribution in [0, 0.1) is 0 Å². The van der Waals surface area contributed by atoms with Gasteiger partial charge in [-0.05, 0) is 46.4 Å². The summed E-state index contributed by atoms with van der Waals surface area (Å²) in [5.41, 5.74) is 5.68. The molecular weight excluding hydrogens is 552 g/mol. The Balaban J connectivity index is 1.70. The fraction of sp³-hybridized carbons (Fsp3) is 0.135. The van der Waals surface area contributed by atoms with Crippen LogP contribution in [0.5, 0.6) is 0 Å². The van der Waals surface area contributed by atoms with Gasteiger partial charge < -0.3 is 9.24 Å². The average molecular weight is 586 g/mol. The van der Waals surface area contributed by atoms with Gasteiger partial charge in [0.1, 0.15) is 5.16 Å². The standard InChI is InChI=1S/C37H33NO2P2/c1-2-28-41(39)35(30-20-10-4-11-21-30)34(29-18-8-3-9-19-29)37(32-24-14-6-15-25-32)36(31-22-12-5-13-23-31)38(42(37,41)40)33-26-16-7-17-27-33/h3-27,36H,2,28H2,1H3. The minimum atomic E-state index is -3.73. The molecule has 42 heavy (non-hydrogen) atoms. The Hall–Kier alpha value is -3.90. The number of hydrogen-bond donors (Lipinski definition) is 0. The number of fused-ring (bicyclic) bond motifs is 1. The predicted molar refractivity (Wildman–Crippen MR) is 176 cm³/mol. The second-order valence-electron chi connectivity index (χ2n) is 11.1. The molecule has 2 aliphatic heterocycles. The van der Waals surface area contributed by atoms with Crippen molar-refractivity contribution in [2.45, 2.75) is 24.5 Å². The summed E-state index contributed by atoms with van der Waals surface area (Å²) in [5, 5.41) is -0.231. The zero-order chi connectivity index (χ0) is 28.8. The number of hydrogen-bond acceptors (Lipinski definition) is 2. The monoisotopic (exact) mass is 585 g/mol. The Morgan fingerprint density at radius 1 is 0.619 bits per heavy atom. The van der Waals surface area contributed by atoms with E-state index in [1.807, 2.05) is 115 Å². The molecular formula is C37H33NO2P2. The topological polar surface area (TPSA) is 37.4 Å². The molecule has 0 radical (unpaired) electrons.